The molecule has 0 spiro atoms. The Morgan fingerprint density at radius 1 is 1.37 bits per heavy atom. The first-order valence-electron chi connectivity index (χ1n) is 6.74. The number of morpholine rings is 1. The van der Waals surface area contributed by atoms with Gasteiger partial charge in [0.25, 0.3) is 0 Å². The third kappa shape index (κ3) is 3.83. The number of nitrogens with one attached hydrogen (secondary N) is 1. The molecule has 6 heteroatoms. The van der Waals surface area contributed by atoms with Crippen LogP contribution in [-0.4, -0.2) is 54.3 Å². The highest BCUT2D eigenvalue weighted by Gasteiger charge is 2.34. The summed E-state index contributed by atoms with van der Waals surface area (Å²) in [4.78, 5) is 25.0. The van der Waals surface area contributed by atoms with Gasteiger partial charge in [0, 0.05) is 13.1 Å². The molecule has 2 fully saturated rings. The summed E-state index contributed by atoms with van der Waals surface area (Å²) >= 11 is 0. The van der Waals surface area contributed by atoms with Crippen molar-refractivity contribution >= 4 is 12.0 Å². The van der Waals surface area contributed by atoms with E-state index in [1.807, 2.05) is 20.8 Å². The van der Waals surface area contributed by atoms with Crippen LogP contribution in [0.1, 0.15) is 33.6 Å². The molecule has 2 saturated heterocycles. The molecule has 2 rings (SSSR count). The minimum absolute atomic E-state index is 0.00476. The average molecular weight is 270 g/mol. The lowest BCUT2D eigenvalue weighted by Gasteiger charge is -2.30. The van der Waals surface area contributed by atoms with Crippen LogP contribution in [0.2, 0.25) is 0 Å². The minimum Gasteiger partial charge on any atom is -0.444 e. The van der Waals surface area contributed by atoms with Gasteiger partial charge in [-0.15, -0.1) is 0 Å². The second-order valence-corrected chi connectivity index (χ2v) is 6.07. The van der Waals surface area contributed by atoms with Crippen molar-refractivity contribution in [1.82, 2.24) is 10.2 Å². The summed E-state index contributed by atoms with van der Waals surface area (Å²) < 4.78 is 10.9. The molecule has 2 atom stereocenters. The zero-order chi connectivity index (χ0) is 14.0. The summed E-state index contributed by atoms with van der Waals surface area (Å²) in [5.41, 5.74) is -0.485. The molecule has 2 amide bonds. The first-order valence-corrected chi connectivity index (χ1v) is 6.74. The molecule has 108 valence electrons. The van der Waals surface area contributed by atoms with Crippen LogP contribution in [0.5, 0.6) is 0 Å². The topological polar surface area (TPSA) is 67.9 Å². The molecule has 0 radical (unpaired) electrons. The SMILES string of the molecule is CC(C)(C)OC(=O)N1CC[C@@H]2NC(=O)CO[C@H]2CC1. The minimum atomic E-state index is -0.485. The summed E-state index contributed by atoms with van der Waals surface area (Å²) in [5.74, 6) is -0.0769. The Morgan fingerprint density at radius 3 is 2.74 bits per heavy atom. The van der Waals surface area contributed by atoms with E-state index in [-0.39, 0.29) is 30.8 Å². The molecule has 6 nitrogen and oxygen atoms in total. The van der Waals surface area contributed by atoms with Gasteiger partial charge in [-0.1, -0.05) is 0 Å². The van der Waals surface area contributed by atoms with Crippen LogP contribution in [-0.2, 0) is 14.3 Å². The van der Waals surface area contributed by atoms with Gasteiger partial charge < -0.3 is 19.7 Å². The Kier molecular flexibility index (Phi) is 3.99. The van der Waals surface area contributed by atoms with E-state index in [1.165, 1.54) is 0 Å². The van der Waals surface area contributed by atoms with Crippen LogP contribution in [0.3, 0.4) is 0 Å². The van der Waals surface area contributed by atoms with Crippen molar-refractivity contribution in [2.75, 3.05) is 19.7 Å². The normalized spacial score (nSPS) is 28.2. The standard InChI is InChI=1S/C13H22N2O4/c1-13(2,3)19-12(17)15-6-4-9-10(5-7-15)18-8-11(16)14-9/h9-10H,4-8H2,1-3H3,(H,14,16)/t9-,10-/m0/s1. The van der Waals surface area contributed by atoms with Gasteiger partial charge in [0.1, 0.15) is 12.2 Å². The Hall–Kier alpha value is -1.30. The maximum atomic E-state index is 12.0. The van der Waals surface area contributed by atoms with Gasteiger partial charge in [0.15, 0.2) is 0 Å². The summed E-state index contributed by atoms with van der Waals surface area (Å²) in [5, 5.41) is 2.92. The summed E-state index contributed by atoms with van der Waals surface area (Å²) in [6.45, 7) is 6.86. The van der Waals surface area contributed by atoms with Crippen molar-refractivity contribution < 1.29 is 19.1 Å². The number of carbonyl (C=O) groups is 2. The van der Waals surface area contributed by atoms with Crippen molar-refractivity contribution in [3.8, 4) is 0 Å². The Labute approximate surface area is 113 Å². The molecule has 1 N–H and O–H groups in total. The van der Waals surface area contributed by atoms with E-state index < -0.39 is 5.60 Å². The smallest absolute Gasteiger partial charge is 0.410 e. The highest BCUT2D eigenvalue weighted by Crippen LogP contribution is 2.19. The van der Waals surface area contributed by atoms with Crippen LogP contribution >= 0.6 is 0 Å². The van der Waals surface area contributed by atoms with E-state index in [9.17, 15) is 9.59 Å². The highest BCUT2D eigenvalue weighted by atomic mass is 16.6. The first-order chi connectivity index (χ1) is 8.85. The summed E-state index contributed by atoms with van der Waals surface area (Å²) in [6.07, 6.45) is 1.14. The van der Waals surface area contributed by atoms with Crippen molar-refractivity contribution in [3.05, 3.63) is 0 Å². The second kappa shape index (κ2) is 5.36. The lowest BCUT2D eigenvalue weighted by atomic mass is 10.0. The van der Waals surface area contributed by atoms with Crippen molar-refractivity contribution in [3.63, 3.8) is 0 Å². The number of fused-ring (bicyclic) bond motifs is 1. The molecule has 2 aliphatic heterocycles. The van der Waals surface area contributed by atoms with E-state index in [2.05, 4.69) is 5.32 Å². The predicted octanol–water partition coefficient (Wildman–Crippen LogP) is 0.901. The molecule has 2 heterocycles. The summed E-state index contributed by atoms with van der Waals surface area (Å²) in [6, 6.07) is 0.00804. The lowest BCUT2D eigenvalue weighted by molar-refractivity contribution is -0.136. The third-order valence-electron chi connectivity index (χ3n) is 3.27. The Bertz CT molecular complexity index is 364. The van der Waals surface area contributed by atoms with Crippen LogP contribution < -0.4 is 5.32 Å². The zero-order valence-corrected chi connectivity index (χ0v) is 11.8. The van der Waals surface area contributed by atoms with E-state index in [0.29, 0.717) is 19.5 Å². The number of hydrogen-bond acceptors (Lipinski definition) is 4. The van der Waals surface area contributed by atoms with Gasteiger partial charge in [-0.2, -0.15) is 0 Å². The molecule has 19 heavy (non-hydrogen) atoms. The van der Waals surface area contributed by atoms with Gasteiger partial charge in [-0.25, -0.2) is 4.79 Å². The molecule has 0 aromatic rings. The molecule has 0 bridgehead atoms. The predicted molar refractivity (Wildman–Crippen MR) is 68.7 cm³/mol. The van der Waals surface area contributed by atoms with Gasteiger partial charge in [-0.3, -0.25) is 4.79 Å². The summed E-state index contributed by atoms with van der Waals surface area (Å²) in [7, 11) is 0. The molecular formula is C13H22N2O4. The van der Waals surface area contributed by atoms with Gasteiger partial charge in [0.05, 0.1) is 12.1 Å². The third-order valence-corrected chi connectivity index (χ3v) is 3.27. The maximum absolute atomic E-state index is 12.0. The first kappa shape index (κ1) is 14.1. The van der Waals surface area contributed by atoms with Crippen LogP contribution in [0, 0.1) is 0 Å². The largest absolute Gasteiger partial charge is 0.444 e. The average Bonchev–Trinajstić information content (AvgIpc) is 2.48. The van der Waals surface area contributed by atoms with Crippen molar-refractivity contribution in [1.29, 1.82) is 0 Å². The van der Waals surface area contributed by atoms with Crippen LogP contribution in [0.4, 0.5) is 4.79 Å². The van der Waals surface area contributed by atoms with Gasteiger partial charge in [0.2, 0.25) is 5.91 Å². The number of nitrogens with zero attached hydrogens (tertiary/aromatic N) is 1. The monoisotopic (exact) mass is 270 g/mol. The fourth-order valence-corrected chi connectivity index (χ4v) is 2.38. The number of rotatable bonds is 0. The van der Waals surface area contributed by atoms with Crippen LogP contribution in [0.25, 0.3) is 0 Å². The molecule has 0 aliphatic carbocycles. The number of ether oxygens (including phenoxy) is 2. The van der Waals surface area contributed by atoms with Crippen molar-refractivity contribution in [2.45, 2.75) is 51.4 Å². The fourth-order valence-electron chi connectivity index (χ4n) is 2.38. The Balaban J connectivity index is 1.93. The number of carbonyl (C=O) groups excluding carboxylic acids is 2. The van der Waals surface area contributed by atoms with Crippen molar-refractivity contribution in [2.24, 2.45) is 0 Å². The number of amides is 2. The molecule has 0 unspecified atom stereocenters. The molecule has 0 aromatic heterocycles. The molecule has 0 saturated carbocycles. The van der Waals surface area contributed by atoms with E-state index in [0.717, 1.165) is 6.42 Å². The highest BCUT2D eigenvalue weighted by molar-refractivity contribution is 5.78. The molecule has 2 aliphatic rings. The van der Waals surface area contributed by atoms with E-state index in [4.69, 9.17) is 9.47 Å². The van der Waals surface area contributed by atoms with E-state index >= 15 is 0 Å². The van der Waals surface area contributed by atoms with Gasteiger partial charge >= 0.3 is 6.09 Å². The van der Waals surface area contributed by atoms with Crippen LogP contribution in [0.15, 0.2) is 0 Å². The van der Waals surface area contributed by atoms with Gasteiger partial charge in [-0.05, 0) is 33.6 Å². The fraction of sp³-hybridized carbons (Fsp3) is 0.846. The molecule has 0 aromatic carbocycles. The quantitative estimate of drug-likeness (QED) is 0.710. The number of hydrogen-bond donors (Lipinski definition) is 1. The number of likely N-dealkylation sites (tertiary alicyclic amines) is 1. The Morgan fingerprint density at radius 2 is 2.05 bits per heavy atom. The van der Waals surface area contributed by atoms with E-state index in [1.54, 1.807) is 4.90 Å². The maximum Gasteiger partial charge on any atom is 0.410 e. The lowest BCUT2D eigenvalue weighted by Crippen LogP contribution is -2.51. The second-order valence-electron chi connectivity index (χ2n) is 6.07. The molecular weight excluding hydrogens is 248 g/mol. The zero-order valence-electron chi connectivity index (χ0n) is 11.8.